The second-order valence-electron chi connectivity index (χ2n) is 7.83. The van der Waals surface area contributed by atoms with Gasteiger partial charge in [-0.3, -0.25) is 19.7 Å². The van der Waals surface area contributed by atoms with Crippen LogP contribution in [-0.4, -0.2) is 30.3 Å². The summed E-state index contributed by atoms with van der Waals surface area (Å²) in [4.78, 5) is 39.8. The SMILES string of the molecule is CCc1ccc(/C=C2\SC(=N[C@H](C(=O)NS(=O)(=O)c3cccc([N+](=O)[O-])c3)c3ccc(F)cc3)NC2=O)o1. The Kier molecular flexibility index (Phi) is 7.73. The van der Waals surface area contributed by atoms with E-state index in [4.69, 9.17) is 4.42 Å². The molecule has 2 amide bonds. The standard InChI is InChI=1S/C24H19FN4O7S2/c1-2-17-10-11-18(36-17)13-20-22(30)27-24(37-20)26-21(14-6-8-15(25)9-7-14)23(31)28-38(34,35)19-5-3-4-16(12-19)29(32)33/h3-13,21H,2H2,1H3,(H,28,31)(H,26,27,30)/b20-13-/t21-/m0/s1. The maximum absolute atomic E-state index is 13.5. The van der Waals surface area contributed by atoms with Gasteiger partial charge in [-0.05, 0) is 47.7 Å². The molecule has 1 fully saturated rings. The molecular weight excluding hydrogens is 539 g/mol. The molecule has 4 rings (SSSR count). The van der Waals surface area contributed by atoms with E-state index in [-0.39, 0.29) is 15.6 Å². The number of aryl methyl sites for hydroxylation is 1. The number of hydrogen-bond acceptors (Lipinski definition) is 9. The highest BCUT2D eigenvalue weighted by atomic mass is 32.2. The zero-order chi connectivity index (χ0) is 27.4. The molecule has 1 aliphatic heterocycles. The maximum atomic E-state index is 13.5. The van der Waals surface area contributed by atoms with Gasteiger partial charge in [0.15, 0.2) is 11.2 Å². The van der Waals surface area contributed by atoms with Gasteiger partial charge < -0.3 is 9.73 Å². The Balaban J connectivity index is 1.63. The van der Waals surface area contributed by atoms with Crippen LogP contribution < -0.4 is 10.0 Å². The number of hydrogen-bond donors (Lipinski definition) is 2. The summed E-state index contributed by atoms with van der Waals surface area (Å²) >= 11 is 0.906. The lowest BCUT2D eigenvalue weighted by Gasteiger charge is -2.14. The van der Waals surface area contributed by atoms with E-state index >= 15 is 0 Å². The van der Waals surface area contributed by atoms with Crippen molar-refractivity contribution in [3.8, 4) is 0 Å². The van der Waals surface area contributed by atoms with Crippen LogP contribution in [0.2, 0.25) is 0 Å². The van der Waals surface area contributed by atoms with Crippen molar-refractivity contribution < 1.29 is 31.7 Å². The fraction of sp³-hybridized carbons (Fsp3) is 0.125. The summed E-state index contributed by atoms with van der Waals surface area (Å²) in [5.74, 6) is -1.06. The first-order chi connectivity index (χ1) is 18.1. The predicted molar refractivity (Wildman–Crippen MR) is 137 cm³/mol. The number of carbonyl (C=O) groups is 2. The van der Waals surface area contributed by atoms with E-state index in [1.807, 2.05) is 11.6 Å². The number of furan rings is 1. The van der Waals surface area contributed by atoms with Gasteiger partial charge in [0.1, 0.15) is 17.3 Å². The van der Waals surface area contributed by atoms with Gasteiger partial charge in [0.2, 0.25) is 0 Å². The molecule has 38 heavy (non-hydrogen) atoms. The number of carbonyl (C=O) groups excluding carboxylic acids is 2. The minimum atomic E-state index is -4.54. The molecule has 2 aromatic carbocycles. The number of rotatable bonds is 8. The molecule has 1 atom stereocenters. The summed E-state index contributed by atoms with van der Waals surface area (Å²) in [6.45, 7) is 1.91. The van der Waals surface area contributed by atoms with Crippen LogP contribution in [-0.2, 0) is 26.0 Å². The largest absolute Gasteiger partial charge is 0.462 e. The average molecular weight is 559 g/mol. The minimum Gasteiger partial charge on any atom is -0.462 e. The summed E-state index contributed by atoms with van der Waals surface area (Å²) in [6.07, 6.45) is 2.17. The van der Waals surface area contributed by atoms with Crippen molar-refractivity contribution in [1.29, 1.82) is 0 Å². The molecule has 14 heteroatoms. The van der Waals surface area contributed by atoms with Gasteiger partial charge in [-0.2, -0.15) is 0 Å². The Bertz CT molecular complexity index is 1580. The Morgan fingerprint density at radius 1 is 1.24 bits per heavy atom. The third kappa shape index (κ3) is 6.15. The van der Waals surface area contributed by atoms with Crippen LogP contribution in [0.25, 0.3) is 6.08 Å². The number of benzene rings is 2. The van der Waals surface area contributed by atoms with Crippen LogP contribution in [0.4, 0.5) is 10.1 Å². The third-order valence-corrected chi connectivity index (χ3v) is 7.48. The van der Waals surface area contributed by atoms with E-state index in [9.17, 15) is 32.5 Å². The second kappa shape index (κ2) is 11.0. The van der Waals surface area contributed by atoms with E-state index in [1.165, 1.54) is 18.2 Å². The van der Waals surface area contributed by atoms with E-state index in [0.29, 0.717) is 12.2 Å². The summed E-state index contributed by atoms with van der Waals surface area (Å²) < 4.78 is 46.6. The average Bonchev–Trinajstić information content (AvgIpc) is 3.48. The lowest BCUT2D eigenvalue weighted by Crippen LogP contribution is -2.35. The predicted octanol–water partition coefficient (Wildman–Crippen LogP) is 3.70. The number of sulfonamides is 1. The van der Waals surface area contributed by atoms with Gasteiger partial charge in [0, 0.05) is 24.6 Å². The molecule has 2 heterocycles. The van der Waals surface area contributed by atoms with Crippen molar-refractivity contribution in [2.75, 3.05) is 0 Å². The molecule has 0 saturated carbocycles. The van der Waals surface area contributed by atoms with Crippen molar-refractivity contribution in [2.24, 2.45) is 4.99 Å². The molecule has 0 bridgehead atoms. The fourth-order valence-corrected chi connectivity index (χ4v) is 5.19. The first-order valence-electron chi connectivity index (χ1n) is 11.0. The highest BCUT2D eigenvalue weighted by Crippen LogP contribution is 2.30. The smallest absolute Gasteiger partial charge is 0.270 e. The Hall–Kier alpha value is -4.30. The number of thioether (sulfide) groups is 1. The molecule has 1 aliphatic rings. The lowest BCUT2D eigenvalue weighted by atomic mass is 10.1. The minimum absolute atomic E-state index is 0.000688. The molecule has 11 nitrogen and oxygen atoms in total. The number of nitro benzene ring substituents is 1. The number of amidine groups is 1. The fourth-order valence-electron chi connectivity index (χ4n) is 3.34. The Morgan fingerprint density at radius 3 is 2.63 bits per heavy atom. The van der Waals surface area contributed by atoms with Crippen LogP contribution in [0.3, 0.4) is 0 Å². The molecule has 1 aromatic heterocycles. The quantitative estimate of drug-likeness (QED) is 0.240. The summed E-state index contributed by atoms with van der Waals surface area (Å²) in [7, 11) is -4.54. The zero-order valence-electron chi connectivity index (χ0n) is 19.6. The van der Waals surface area contributed by atoms with Crippen LogP contribution in [0.1, 0.15) is 30.0 Å². The molecule has 2 N–H and O–H groups in total. The topological polar surface area (TPSA) is 161 Å². The summed E-state index contributed by atoms with van der Waals surface area (Å²) in [6, 6.07) is 10.7. The first-order valence-corrected chi connectivity index (χ1v) is 13.3. The number of nitro groups is 1. The Morgan fingerprint density at radius 2 is 1.97 bits per heavy atom. The number of non-ortho nitro benzene ring substituents is 1. The van der Waals surface area contributed by atoms with Gasteiger partial charge in [0.05, 0.1) is 14.7 Å². The monoisotopic (exact) mass is 558 g/mol. The highest BCUT2D eigenvalue weighted by Gasteiger charge is 2.30. The van der Waals surface area contributed by atoms with Crippen LogP contribution in [0, 0.1) is 15.9 Å². The van der Waals surface area contributed by atoms with Crippen molar-refractivity contribution >= 4 is 50.5 Å². The molecule has 1 saturated heterocycles. The molecule has 3 aromatic rings. The lowest BCUT2D eigenvalue weighted by molar-refractivity contribution is -0.385. The van der Waals surface area contributed by atoms with Gasteiger partial charge in [-0.25, -0.2) is 22.5 Å². The van der Waals surface area contributed by atoms with E-state index in [1.54, 1.807) is 12.1 Å². The van der Waals surface area contributed by atoms with Gasteiger partial charge in [-0.15, -0.1) is 0 Å². The normalized spacial score (nSPS) is 16.4. The maximum Gasteiger partial charge on any atom is 0.270 e. The van der Waals surface area contributed by atoms with E-state index in [2.05, 4.69) is 10.3 Å². The van der Waals surface area contributed by atoms with Crippen LogP contribution >= 0.6 is 11.8 Å². The number of amides is 2. The molecular formula is C24H19FN4O7S2. The number of nitrogens with zero attached hydrogens (tertiary/aromatic N) is 2. The molecule has 0 unspecified atom stereocenters. The summed E-state index contributed by atoms with van der Waals surface area (Å²) in [5.41, 5.74) is -0.348. The second-order valence-corrected chi connectivity index (χ2v) is 10.5. The van der Waals surface area contributed by atoms with Crippen molar-refractivity contribution in [1.82, 2.24) is 10.0 Å². The van der Waals surface area contributed by atoms with Gasteiger partial charge in [0.25, 0.3) is 27.5 Å². The van der Waals surface area contributed by atoms with E-state index < -0.39 is 49.2 Å². The van der Waals surface area contributed by atoms with Crippen LogP contribution in [0.15, 0.2) is 79.9 Å². The number of aliphatic imine (C=N–C) groups is 1. The molecule has 196 valence electrons. The van der Waals surface area contributed by atoms with Gasteiger partial charge >= 0.3 is 0 Å². The van der Waals surface area contributed by atoms with E-state index in [0.717, 1.165) is 53.9 Å². The molecule has 0 aliphatic carbocycles. The molecule has 0 spiro atoms. The van der Waals surface area contributed by atoms with Gasteiger partial charge in [-0.1, -0.05) is 25.1 Å². The summed E-state index contributed by atoms with van der Waals surface area (Å²) in [5, 5.41) is 13.5. The molecule has 0 radical (unpaired) electrons. The number of nitrogens with one attached hydrogen (secondary N) is 2. The highest BCUT2D eigenvalue weighted by molar-refractivity contribution is 8.18. The Labute approximate surface area is 220 Å². The van der Waals surface area contributed by atoms with Crippen molar-refractivity contribution in [2.45, 2.75) is 24.3 Å². The number of halogens is 1. The van der Waals surface area contributed by atoms with Crippen LogP contribution in [0.5, 0.6) is 0 Å². The third-order valence-electron chi connectivity index (χ3n) is 5.21. The zero-order valence-corrected chi connectivity index (χ0v) is 21.2. The van der Waals surface area contributed by atoms with Crippen molar-refractivity contribution in [3.63, 3.8) is 0 Å². The van der Waals surface area contributed by atoms with Crippen molar-refractivity contribution in [3.05, 3.63) is 98.6 Å². The first kappa shape index (κ1) is 26.8.